The Hall–Kier alpha value is -1.38. The van der Waals surface area contributed by atoms with Crippen molar-refractivity contribution in [1.29, 1.82) is 0 Å². The second-order valence-corrected chi connectivity index (χ2v) is 7.24. The van der Waals surface area contributed by atoms with Gasteiger partial charge in [0.15, 0.2) is 5.78 Å². The highest BCUT2D eigenvalue weighted by molar-refractivity contribution is 6.03. The standard InChI is InChI=1S/C16H21NO2/c1-15(2)8-12-9-16(3,10-15)17(12)14(19)11-4-6-13(18)7-5-11/h4-6,12H,7-10H2,1-3H3/t12-,16+/m1/s1. The molecule has 19 heavy (non-hydrogen) atoms. The van der Waals surface area contributed by atoms with E-state index in [-0.39, 0.29) is 17.2 Å². The molecule has 0 radical (unpaired) electrons. The molecule has 2 aliphatic carbocycles. The van der Waals surface area contributed by atoms with Gasteiger partial charge in [-0.15, -0.1) is 0 Å². The molecular weight excluding hydrogens is 238 g/mol. The van der Waals surface area contributed by atoms with Gasteiger partial charge in [0.2, 0.25) is 0 Å². The van der Waals surface area contributed by atoms with Crippen LogP contribution in [0.1, 0.15) is 46.5 Å². The van der Waals surface area contributed by atoms with E-state index in [9.17, 15) is 9.59 Å². The normalized spacial score (nSPS) is 35.7. The fourth-order valence-corrected chi connectivity index (χ4v) is 4.33. The van der Waals surface area contributed by atoms with Crippen molar-refractivity contribution < 1.29 is 9.59 Å². The largest absolute Gasteiger partial charge is 0.330 e. The lowest BCUT2D eigenvalue weighted by Gasteiger charge is -2.65. The van der Waals surface area contributed by atoms with Crippen molar-refractivity contribution in [3.8, 4) is 0 Å². The SMILES string of the molecule is CC1(C)C[C@@H]2C[C@@](C)(C1)N2C(=O)C1=CCC(=O)C=C1. The molecule has 0 N–H and O–H groups in total. The zero-order valence-electron chi connectivity index (χ0n) is 11.9. The third-order valence-electron chi connectivity index (χ3n) is 4.71. The summed E-state index contributed by atoms with van der Waals surface area (Å²) in [5, 5.41) is 0. The van der Waals surface area contributed by atoms with E-state index in [0.29, 0.717) is 23.5 Å². The molecule has 3 fully saturated rings. The Morgan fingerprint density at radius 3 is 2.58 bits per heavy atom. The summed E-state index contributed by atoms with van der Waals surface area (Å²) in [5.41, 5.74) is 1.04. The van der Waals surface area contributed by atoms with Gasteiger partial charge in [-0.1, -0.05) is 19.9 Å². The van der Waals surface area contributed by atoms with Gasteiger partial charge in [-0.3, -0.25) is 9.59 Å². The lowest BCUT2D eigenvalue weighted by Crippen LogP contribution is -2.71. The summed E-state index contributed by atoms with van der Waals surface area (Å²) in [6.45, 7) is 6.77. The number of rotatable bonds is 1. The van der Waals surface area contributed by atoms with Gasteiger partial charge in [0.05, 0.1) is 0 Å². The molecule has 3 nitrogen and oxygen atoms in total. The average Bonchev–Trinajstić information content (AvgIpc) is 2.26. The fourth-order valence-electron chi connectivity index (χ4n) is 4.33. The number of carbonyl (C=O) groups excluding carboxylic acids is 2. The van der Waals surface area contributed by atoms with E-state index >= 15 is 0 Å². The quantitative estimate of drug-likeness (QED) is 0.726. The molecule has 4 rings (SSSR count). The Morgan fingerprint density at radius 1 is 1.26 bits per heavy atom. The number of amides is 1. The molecule has 0 aromatic heterocycles. The van der Waals surface area contributed by atoms with Crippen LogP contribution in [0.5, 0.6) is 0 Å². The molecule has 0 aromatic carbocycles. The molecule has 2 heterocycles. The Balaban J connectivity index is 1.80. The fraction of sp³-hybridized carbons (Fsp3) is 0.625. The highest BCUT2D eigenvalue weighted by Crippen LogP contribution is 2.54. The Morgan fingerprint density at radius 2 is 2.00 bits per heavy atom. The molecule has 1 amide bonds. The van der Waals surface area contributed by atoms with Gasteiger partial charge in [0.25, 0.3) is 5.91 Å². The Kier molecular flexibility index (Phi) is 2.54. The van der Waals surface area contributed by atoms with E-state index in [2.05, 4.69) is 25.7 Å². The second kappa shape index (κ2) is 3.81. The van der Waals surface area contributed by atoms with E-state index in [0.717, 1.165) is 19.3 Å². The molecule has 4 aliphatic rings. The van der Waals surface area contributed by atoms with Gasteiger partial charge in [-0.05, 0) is 43.8 Å². The zero-order chi connectivity index (χ0) is 13.8. The van der Waals surface area contributed by atoms with E-state index in [1.54, 1.807) is 12.2 Å². The maximum atomic E-state index is 12.6. The van der Waals surface area contributed by atoms with Crippen LogP contribution in [-0.4, -0.2) is 28.2 Å². The molecule has 0 aromatic rings. The Labute approximate surface area is 114 Å². The number of piperidine rings is 1. The van der Waals surface area contributed by atoms with Crippen LogP contribution < -0.4 is 0 Å². The summed E-state index contributed by atoms with van der Waals surface area (Å²) in [4.78, 5) is 25.8. The van der Waals surface area contributed by atoms with Gasteiger partial charge in [-0.2, -0.15) is 0 Å². The van der Waals surface area contributed by atoms with Crippen LogP contribution in [0.3, 0.4) is 0 Å². The first-order valence-electron chi connectivity index (χ1n) is 7.06. The second-order valence-electron chi connectivity index (χ2n) is 7.24. The number of ketones is 1. The van der Waals surface area contributed by atoms with Crippen LogP contribution in [0.2, 0.25) is 0 Å². The number of fused-ring (bicyclic) bond motifs is 2. The van der Waals surface area contributed by atoms with Crippen LogP contribution in [0.25, 0.3) is 0 Å². The van der Waals surface area contributed by atoms with Crippen molar-refractivity contribution >= 4 is 11.7 Å². The van der Waals surface area contributed by atoms with Crippen molar-refractivity contribution in [1.82, 2.24) is 4.90 Å². The number of hydrogen-bond donors (Lipinski definition) is 0. The van der Waals surface area contributed by atoms with Crippen molar-refractivity contribution in [3.05, 3.63) is 23.8 Å². The minimum atomic E-state index is 0.0135. The number of allylic oxidation sites excluding steroid dienone is 2. The maximum Gasteiger partial charge on any atom is 0.254 e. The molecule has 1 saturated carbocycles. The van der Waals surface area contributed by atoms with Crippen LogP contribution in [-0.2, 0) is 9.59 Å². The third kappa shape index (κ3) is 1.96. The van der Waals surface area contributed by atoms with E-state index in [1.165, 1.54) is 6.08 Å². The molecule has 0 unspecified atom stereocenters. The minimum Gasteiger partial charge on any atom is -0.330 e. The van der Waals surface area contributed by atoms with Crippen molar-refractivity contribution in [3.63, 3.8) is 0 Å². The first-order valence-corrected chi connectivity index (χ1v) is 7.06. The van der Waals surface area contributed by atoms with E-state index in [4.69, 9.17) is 0 Å². The van der Waals surface area contributed by atoms with Crippen LogP contribution in [0.15, 0.2) is 23.8 Å². The van der Waals surface area contributed by atoms with Gasteiger partial charge >= 0.3 is 0 Å². The predicted octanol–water partition coefficient (Wildman–Crippen LogP) is 2.62. The molecule has 2 saturated heterocycles. The Bertz CT molecular complexity index is 515. The number of carbonyl (C=O) groups is 2. The van der Waals surface area contributed by atoms with E-state index < -0.39 is 0 Å². The molecule has 0 spiro atoms. The predicted molar refractivity (Wildman–Crippen MR) is 73.5 cm³/mol. The molecule has 102 valence electrons. The highest BCUT2D eigenvalue weighted by atomic mass is 16.2. The van der Waals surface area contributed by atoms with Crippen LogP contribution >= 0.6 is 0 Å². The van der Waals surface area contributed by atoms with Crippen LogP contribution in [0.4, 0.5) is 0 Å². The van der Waals surface area contributed by atoms with Crippen molar-refractivity contribution in [2.45, 2.75) is 58.0 Å². The lowest BCUT2D eigenvalue weighted by atomic mass is 9.59. The molecule has 2 bridgehead atoms. The average molecular weight is 259 g/mol. The smallest absolute Gasteiger partial charge is 0.254 e. The lowest BCUT2D eigenvalue weighted by molar-refractivity contribution is -0.171. The summed E-state index contributed by atoms with van der Waals surface area (Å²) in [6, 6.07) is 0.383. The number of hydrogen-bond acceptors (Lipinski definition) is 2. The molecule has 2 aliphatic heterocycles. The van der Waals surface area contributed by atoms with Crippen LogP contribution in [0, 0.1) is 5.41 Å². The highest BCUT2D eigenvalue weighted by Gasteiger charge is 2.58. The van der Waals surface area contributed by atoms with Crippen molar-refractivity contribution in [2.24, 2.45) is 5.41 Å². The summed E-state index contributed by atoms with van der Waals surface area (Å²) in [7, 11) is 0. The third-order valence-corrected chi connectivity index (χ3v) is 4.71. The first kappa shape index (κ1) is 12.6. The minimum absolute atomic E-state index is 0.0135. The summed E-state index contributed by atoms with van der Waals surface area (Å²) < 4.78 is 0. The molecule has 2 atom stereocenters. The summed E-state index contributed by atoms with van der Waals surface area (Å²) >= 11 is 0. The zero-order valence-corrected chi connectivity index (χ0v) is 11.9. The topological polar surface area (TPSA) is 37.4 Å². The molecule has 3 heteroatoms. The molecular formula is C16H21NO2. The first-order chi connectivity index (χ1) is 8.81. The van der Waals surface area contributed by atoms with Gasteiger partial charge < -0.3 is 4.90 Å². The van der Waals surface area contributed by atoms with E-state index in [1.807, 2.05) is 0 Å². The monoisotopic (exact) mass is 259 g/mol. The van der Waals surface area contributed by atoms with Gasteiger partial charge in [-0.25, -0.2) is 0 Å². The van der Waals surface area contributed by atoms with Gasteiger partial charge in [0.1, 0.15) is 0 Å². The maximum absolute atomic E-state index is 12.6. The summed E-state index contributed by atoms with van der Waals surface area (Å²) in [5.74, 6) is 0.186. The van der Waals surface area contributed by atoms with Gasteiger partial charge in [0, 0.05) is 23.6 Å². The van der Waals surface area contributed by atoms with Crippen molar-refractivity contribution in [2.75, 3.05) is 0 Å². The summed E-state index contributed by atoms with van der Waals surface area (Å²) in [6.07, 6.45) is 8.61. The number of nitrogens with zero attached hydrogens (tertiary/aromatic N) is 1.